The molecule has 0 aliphatic rings. The largest absolute Gasteiger partial charge is 0.508 e. The van der Waals surface area contributed by atoms with Crippen molar-refractivity contribution < 1.29 is 15.0 Å². The maximum atomic E-state index is 10.9. The summed E-state index contributed by atoms with van der Waals surface area (Å²) in [6.45, 7) is 0. The summed E-state index contributed by atoms with van der Waals surface area (Å²) in [5.41, 5.74) is 1.22. The molecule has 0 spiro atoms. The number of aromatic nitrogens is 1. The number of phenolic OH excluding ortho intramolecular Hbond substituents is 1. The van der Waals surface area contributed by atoms with Crippen LogP contribution < -0.4 is 0 Å². The van der Waals surface area contributed by atoms with E-state index in [0.717, 1.165) is 0 Å². The van der Waals surface area contributed by atoms with Crippen molar-refractivity contribution in [1.29, 1.82) is 0 Å². The van der Waals surface area contributed by atoms with Gasteiger partial charge in [0.2, 0.25) is 0 Å². The maximum absolute atomic E-state index is 10.9. The Kier molecular flexibility index (Phi) is 2.97. The van der Waals surface area contributed by atoms with Gasteiger partial charge in [-0.1, -0.05) is 11.6 Å². The quantitative estimate of drug-likeness (QED) is 0.803. The lowest BCUT2D eigenvalue weighted by Crippen LogP contribution is -1.98. The first-order chi connectivity index (χ1) is 8.06. The van der Waals surface area contributed by atoms with Crippen LogP contribution in [0.5, 0.6) is 5.75 Å². The maximum Gasteiger partial charge on any atom is 0.335 e. The van der Waals surface area contributed by atoms with Crippen LogP contribution in [0, 0.1) is 0 Å². The van der Waals surface area contributed by atoms with Crippen LogP contribution in [0.1, 0.15) is 10.4 Å². The van der Waals surface area contributed by atoms with Crippen molar-refractivity contribution in [2.24, 2.45) is 0 Å². The molecule has 17 heavy (non-hydrogen) atoms. The van der Waals surface area contributed by atoms with Gasteiger partial charge in [0.25, 0.3) is 0 Å². The number of nitrogens with zero attached hydrogens (tertiary/aromatic N) is 1. The molecule has 1 heterocycles. The summed E-state index contributed by atoms with van der Waals surface area (Å²) in [6, 6.07) is 8.99. The summed E-state index contributed by atoms with van der Waals surface area (Å²) in [4.78, 5) is 14.9. The molecular weight excluding hydrogens is 242 g/mol. The molecule has 0 bridgehead atoms. The van der Waals surface area contributed by atoms with Crippen LogP contribution in [0.2, 0.25) is 5.15 Å². The van der Waals surface area contributed by atoms with E-state index in [1.54, 1.807) is 12.1 Å². The van der Waals surface area contributed by atoms with E-state index in [-0.39, 0.29) is 16.5 Å². The van der Waals surface area contributed by atoms with E-state index < -0.39 is 5.97 Å². The number of aromatic hydroxyl groups is 1. The van der Waals surface area contributed by atoms with Gasteiger partial charge in [-0.15, -0.1) is 0 Å². The zero-order valence-electron chi connectivity index (χ0n) is 8.59. The average Bonchev–Trinajstić information content (AvgIpc) is 2.29. The first kappa shape index (κ1) is 11.4. The molecule has 0 aliphatic carbocycles. The number of halogens is 1. The van der Waals surface area contributed by atoms with Gasteiger partial charge in [0.05, 0.1) is 11.3 Å². The summed E-state index contributed by atoms with van der Waals surface area (Å²) >= 11 is 5.75. The number of carboxylic acid groups (broad SMARTS) is 1. The normalized spacial score (nSPS) is 10.2. The van der Waals surface area contributed by atoms with Crippen molar-refractivity contribution in [1.82, 2.24) is 4.98 Å². The lowest BCUT2D eigenvalue weighted by atomic mass is 10.1. The molecule has 0 atom stereocenters. The fourth-order valence-electron chi connectivity index (χ4n) is 1.40. The van der Waals surface area contributed by atoms with Gasteiger partial charge in [-0.3, -0.25) is 0 Å². The summed E-state index contributed by atoms with van der Waals surface area (Å²) in [5, 5.41) is 18.2. The SMILES string of the molecule is O=C(O)c1cc(Cl)nc(-c2ccc(O)cc2)c1. The molecule has 2 aromatic rings. The topological polar surface area (TPSA) is 70.4 Å². The number of aromatic carboxylic acids is 1. The molecule has 0 aliphatic heterocycles. The number of carbonyl (C=O) groups is 1. The van der Waals surface area contributed by atoms with Crippen LogP contribution in [0.4, 0.5) is 0 Å². The van der Waals surface area contributed by atoms with E-state index in [9.17, 15) is 4.79 Å². The number of carboxylic acids is 1. The lowest BCUT2D eigenvalue weighted by molar-refractivity contribution is 0.0697. The molecule has 0 radical (unpaired) electrons. The Labute approximate surface area is 102 Å². The summed E-state index contributed by atoms with van der Waals surface area (Å²) in [6.07, 6.45) is 0. The highest BCUT2D eigenvalue weighted by Gasteiger charge is 2.08. The molecule has 1 aromatic carbocycles. The van der Waals surface area contributed by atoms with E-state index in [1.807, 2.05) is 0 Å². The molecule has 2 N–H and O–H groups in total. The van der Waals surface area contributed by atoms with Crippen molar-refractivity contribution in [2.75, 3.05) is 0 Å². The van der Waals surface area contributed by atoms with Crippen LogP contribution in [0.25, 0.3) is 11.3 Å². The molecular formula is C12H8ClNO3. The molecule has 0 saturated heterocycles. The average molecular weight is 250 g/mol. The number of phenols is 1. The first-order valence-corrected chi connectivity index (χ1v) is 5.14. The minimum atomic E-state index is -1.06. The highest BCUT2D eigenvalue weighted by molar-refractivity contribution is 6.29. The third-order valence-corrected chi connectivity index (χ3v) is 2.40. The number of pyridine rings is 1. The van der Waals surface area contributed by atoms with Crippen LogP contribution in [0.3, 0.4) is 0 Å². The van der Waals surface area contributed by atoms with Crippen LogP contribution in [-0.2, 0) is 0 Å². The van der Waals surface area contributed by atoms with Gasteiger partial charge < -0.3 is 10.2 Å². The molecule has 0 amide bonds. The van der Waals surface area contributed by atoms with E-state index in [2.05, 4.69) is 4.98 Å². The van der Waals surface area contributed by atoms with Crippen molar-refractivity contribution in [3.63, 3.8) is 0 Å². The number of hydrogen-bond acceptors (Lipinski definition) is 3. The Hall–Kier alpha value is -2.07. The van der Waals surface area contributed by atoms with Gasteiger partial charge in [-0.25, -0.2) is 9.78 Å². The minimum absolute atomic E-state index is 0.0769. The second-order valence-corrected chi connectivity index (χ2v) is 3.80. The van der Waals surface area contributed by atoms with E-state index in [4.69, 9.17) is 21.8 Å². The van der Waals surface area contributed by atoms with E-state index in [1.165, 1.54) is 24.3 Å². The number of benzene rings is 1. The third-order valence-electron chi connectivity index (χ3n) is 2.20. The summed E-state index contributed by atoms with van der Waals surface area (Å²) < 4.78 is 0. The Morgan fingerprint density at radius 2 is 1.82 bits per heavy atom. The Morgan fingerprint density at radius 1 is 1.18 bits per heavy atom. The molecule has 0 saturated carbocycles. The lowest BCUT2D eigenvalue weighted by Gasteiger charge is -2.03. The summed E-state index contributed by atoms with van der Waals surface area (Å²) in [5.74, 6) is -0.927. The Bertz CT molecular complexity index is 566. The minimum Gasteiger partial charge on any atom is -0.508 e. The van der Waals surface area contributed by atoms with Gasteiger partial charge >= 0.3 is 5.97 Å². The Morgan fingerprint density at radius 3 is 2.41 bits per heavy atom. The summed E-state index contributed by atoms with van der Waals surface area (Å²) in [7, 11) is 0. The molecule has 0 fully saturated rings. The number of rotatable bonds is 2. The van der Waals surface area contributed by atoms with Gasteiger partial charge in [0, 0.05) is 5.56 Å². The van der Waals surface area contributed by atoms with Crippen LogP contribution in [0.15, 0.2) is 36.4 Å². The van der Waals surface area contributed by atoms with E-state index >= 15 is 0 Å². The van der Waals surface area contributed by atoms with Gasteiger partial charge in [-0.2, -0.15) is 0 Å². The second-order valence-electron chi connectivity index (χ2n) is 3.42. The van der Waals surface area contributed by atoms with Crippen molar-refractivity contribution in [3.05, 3.63) is 47.1 Å². The second kappa shape index (κ2) is 4.43. The van der Waals surface area contributed by atoms with E-state index in [0.29, 0.717) is 11.3 Å². The molecule has 86 valence electrons. The van der Waals surface area contributed by atoms with Gasteiger partial charge in [-0.05, 0) is 36.4 Å². The zero-order valence-corrected chi connectivity index (χ0v) is 9.35. The zero-order chi connectivity index (χ0) is 12.4. The van der Waals surface area contributed by atoms with Crippen LogP contribution >= 0.6 is 11.6 Å². The van der Waals surface area contributed by atoms with Crippen LogP contribution in [-0.4, -0.2) is 21.2 Å². The molecule has 0 unspecified atom stereocenters. The van der Waals surface area contributed by atoms with Gasteiger partial charge in [0.1, 0.15) is 10.9 Å². The standard InChI is InChI=1S/C12H8ClNO3/c13-11-6-8(12(16)17)5-10(14-11)7-1-3-9(15)4-2-7/h1-6,15H,(H,16,17). The predicted molar refractivity (Wildman–Crippen MR) is 63.3 cm³/mol. The fourth-order valence-corrected chi connectivity index (χ4v) is 1.61. The highest BCUT2D eigenvalue weighted by Crippen LogP contribution is 2.23. The van der Waals surface area contributed by atoms with Gasteiger partial charge in [0.15, 0.2) is 0 Å². The molecule has 4 nitrogen and oxygen atoms in total. The first-order valence-electron chi connectivity index (χ1n) is 4.76. The highest BCUT2D eigenvalue weighted by atomic mass is 35.5. The van der Waals surface area contributed by atoms with Crippen molar-refractivity contribution in [2.45, 2.75) is 0 Å². The van der Waals surface area contributed by atoms with Crippen molar-refractivity contribution >= 4 is 17.6 Å². The number of hydrogen-bond donors (Lipinski definition) is 2. The molecule has 5 heteroatoms. The fraction of sp³-hybridized carbons (Fsp3) is 0. The predicted octanol–water partition coefficient (Wildman–Crippen LogP) is 2.81. The van der Waals surface area contributed by atoms with Crippen molar-refractivity contribution in [3.8, 4) is 17.0 Å². The molecule has 2 rings (SSSR count). The Balaban J connectivity index is 2.51. The molecule has 1 aromatic heterocycles. The monoisotopic (exact) mass is 249 g/mol. The smallest absolute Gasteiger partial charge is 0.335 e. The third kappa shape index (κ3) is 2.54.